The second-order valence-electron chi connectivity index (χ2n) is 5.10. The van der Waals surface area contributed by atoms with E-state index in [1.807, 2.05) is 43.3 Å². The Hall–Kier alpha value is -1.81. The minimum absolute atomic E-state index is 0.0384. The summed E-state index contributed by atoms with van der Waals surface area (Å²) in [4.78, 5) is 12.3. The maximum atomic E-state index is 12.3. The molecule has 0 spiro atoms. The number of halogens is 1. The average molecular weight is 362 g/mol. The van der Waals surface area contributed by atoms with E-state index < -0.39 is 0 Å². The molecule has 0 aliphatic rings. The quantitative estimate of drug-likeness (QED) is 0.807. The van der Waals surface area contributed by atoms with Gasteiger partial charge in [0.1, 0.15) is 5.75 Å². The fourth-order valence-corrected chi connectivity index (χ4v) is 2.57. The first-order valence-corrected chi connectivity index (χ1v) is 8.19. The maximum Gasteiger partial charge on any atom is 0.251 e. The van der Waals surface area contributed by atoms with Crippen molar-refractivity contribution < 1.29 is 9.53 Å². The van der Waals surface area contributed by atoms with Crippen LogP contribution < -0.4 is 10.1 Å². The first-order valence-electron chi connectivity index (χ1n) is 7.40. The summed E-state index contributed by atoms with van der Waals surface area (Å²) < 4.78 is 6.39. The zero-order valence-corrected chi connectivity index (χ0v) is 14.4. The van der Waals surface area contributed by atoms with E-state index in [0.717, 1.165) is 22.2 Å². The fourth-order valence-electron chi connectivity index (χ4n) is 2.08. The van der Waals surface area contributed by atoms with Gasteiger partial charge in [0.15, 0.2) is 0 Å². The van der Waals surface area contributed by atoms with Gasteiger partial charge in [0, 0.05) is 5.56 Å². The van der Waals surface area contributed by atoms with Gasteiger partial charge in [0.2, 0.25) is 0 Å². The van der Waals surface area contributed by atoms with Gasteiger partial charge in [-0.05, 0) is 53.0 Å². The molecule has 0 fully saturated rings. The Bertz CT molecular complexity index is 628. The van der Waals surface area contributed by atoms with Gasteiger partial charge in [-0.3, -0.25) is 4.79 Å². The third-order valence-electron chi connectivity index (χ3n) is 3.30. The molecule has 22 heavy (non-hydrogen) atoms. The van der Waals surface area contributed by atoms with Crippen molar-refractivity contribution in [1.29, 1.82) is 0 Å². The van der Waals surface area contributed by atoms with Crippen LogP contribution in [0, 0.1) is 0 Å². The van der Waals surface area contributed by atoms with E-state index in [-0.39, 0.29) is 11.9 Å². The summed E-state index contributed by atoms with van der Waals surface area (Å²) in [6, 6.07) is 15.3. The first-order chi connectivity index (χ1) is 10.6. The van der Waals surface area contributed by atoms with Gasteiger partial charge in [0.25, 0.3) is 5.91 Å². The summed E-state index contributed by atoms with van der Waals surface area (Å²) in [5, 5.41) is 3.00. The molecule has 1 unspecified atom stereocenters. The summed E-state index contributed by atoms with van der Waals surface area (Å²) in [5.74, 6) is 0.661. The van der Waals surface area contributed by atoms with Crippen molar-refractivity contribution in [2.24, 2.45) is 0 Å². The highest BCUT2D eigenvalue weighted by Crippen LogP contribution is 2.26. The lowest BCUT2D eigenvalue weighted by Crippen LogP contribution is -2.26. The van der Waals surface area contributed by atoms with Crippen LogP contribution in [0.3, 0.4) is 0 Å². The van der Waals surface area contributed by atoms with Gasteiger partial charge in [-0.1, -0.05) is 37.3 Å². The molecular formula is C18H20BrNO2. The molecule has 0 saturated heterocycles. The van der Waals surface area contributed by atoms with E-state index in [9.17, 15) is 4.79 Å². The van der Waals surface area contributed by atoms with Crippen molar-refractivity contribution in [3.63, 3.8) is 0 Å². The predicted octanol–water partition coefficient (Wildman–Crippen LogP) is 4.73. The van der Waals surface area contributed by atoms with Crippen molar-refractivity contribution in [1.82, 2.24) is 5.32 Å². The largest absolute Gasteiger partial charge is 0.492 e. The van der Waals surface area contributed by atoms with Crippen LogP contribution in [0.2, 0.25) is 0 Å². The maximum absolute atomic E-state index is 12.3. The molecule has 0 aromatic heterocycles. The lowest BCUT2D eigenvalue weighted by molar-refractivity contribution is 0.0940. The molecule has 2 aromatic rings. The molecule has 1 atom stereocenters. The summed E-state index contributed by atoms with van der Waals surface area (Å²) in [5.41, 5.74) is 1.69. The molecule has 0 saturated carbocycles. The normalized spacial score (nSPS) is 11.8. The summed E-state index contributed by atoms with van der Waals surface area (Å²) >= 11 is 3.45. The number of carbonyl (C=O) groups excluding carboxylic acids is 1. The first kappa shape index (κ1) is 16.6. The van der Waals surface area contributed by atoms with Gasteiger partial charge < -0.3 is 10.1 Å². The van der Waals surface area contributed by atoms with Crippen molar-refractivity contribution in [3.05, 3.63) is 64.1 Å². The van der Waals surface area contributed by atoms with E-state index in [4.69, 9.17) is 4.74 Å². The number of rotatable bonds is 6. The zero-order chi connectivity index (χ0) is 15.9. The molecular weight excluding hydrogens is 342 g/mol. The van der Waals surface area contributed by atoms with Crippen molar-refractivity contribution in [2.45, 2.75) is 26.3 Å². The van der Waals surface area contributed by atoms with Gasteiger partial charge in [-0.25, -0.2) is 0 Å². The zero-order valence-electron chi connectivity index (χ0n) is 12.8. The highest BCUT2D eigenvalue weighted by molar-refractivity contribution is 9.10. The number of nitrogens with one attached hydrogen (secondary N) is 1. The van der Waals surface area contributed by atoms with Gasteiger partial charge in [0.05, 0.1) is 17.1 Å². The molecule has 1 amide bonds. The Balaban J connectivity index is 2.05. The molecule has 0 heterocycles. The number of ether oxygens (including phenoxy) is 1. The molecule has 0 aliphatic carbocycles. The monoisotopic (exact) mass is 361 g/mol. The summed E-state index contributed by atoms with van der Waals surface area (Å²) in [7, 11) is 0. The number of hydrogen-bond acceptors (Lipinski definition) is 2. The van der Waals surface area contributed by atoms with Gasteiger partial charge in [-0.15, -0.1) is 0 Å². The lowest BCUT2D eigenvalue weighted by Gasteiger charge is -2.15. The highest BCUT2D eigenvalue weighted by atomic mass is 79.9. The molecule has 2 aromatic carbocycles. The number of amides is 1. The molecule has 2 rings (SSSR count). The standard InChI is InChI=1S/C18H20BrNO2/c1-3-11-22-17-10-9-15(12-16(17)19)18(21)20-13(2)14-7-5-4-6-8-14/h4-10,12-13H,3,11H2,1-2H3,(H,20,21). The van der Waals surface area contributed by atoms with Crippen molar-refractivity contribution in [3.8, 4) is 5.75 Å². The molecule has 116 valence electrons. The SMILES string of the molecule is CCCOc1ccc(C(=O)NC(C)c2ccccc2)cc1Br. The summed E-state index contributed by atoms with van der Waals surface area (Å²) in [6.45, 7) is 4.69. The van der Waals surface area contributed by atoms with E-state index in [1.165, 1.54) is 0 Å². The minimum atomic E-state index is -0.0981. The minimum Gasteiger partial charge on any atom is -0.492 e. The van der Waals surface area contributed by atoms with E-state index in [0.29, 0.717) is 12.2 Å². The van der Waals surface area contributed by atoms with Gasteiger partial charge >= 0.3 is 0 Å². The van der Waals surface area contributed by atoms with E-state index in [2.05, 4.69) is 28.2 Å². The number of carbonyl (C=O) groups is 1. The Kier molecular flexibility index (Phi) is 6.01. The van der Waals surface area contributed by atoms with Crippen LogP contribution in [0.25, 0.3) is 0 Å². The van der Waals surface area contributed by atoms with Crippen LogP contribution in [0.1, 0.15) is 42.2 Å². The van der Waals surface area contributed by atoms with Crippen LogP contribution in [0.15, 0.2) is 53.0 Å². The predicted molar refractivity (Wildman–Crippen MR) is 92.3 cm³/mol. The van der Waals surface area contributed by atoms with E-state index >= 15 is 0 Å². The fraction of sp³-hybridized carbons (Fsp3) is 0.278. The topological polar surface area (TPSA) is 38.3 Å². The van der Waals surface area contributed by atoms with Crippen LogP contribution in [0.4, 0.5) is 0 Å². The second-order valence-corrected chi connectivity index (χ2v) is 5.95. The van der Waals surface area contributed by atoms with Gasteiger partial charge in [-0.2, -0.15) is 0 Å². The molecule has 4 heteroatoms. The molecule has 0 bridgehead atoms. The third-order valence-corrected chi connectivity index (χ3v) is 3.92. The molecule has 3 nitrogen and oxygen atoms in total. The third kappa shape index (κ3) is 4.34. The number of benzene rings is 2. The van der Waals surface area contributed by atoms with Crippen molar-refractivity contribution >= 4 is 21.8 Å². The lowest BCUT2D eigenvalue weighted by atomic mass is 10.1. The Morgan fingerprint density at radius 1 is 1.23 bits per heavy atom. The van der Waals surface area contributed by atoms with Crippen LogP contribution >= 0.6 is 15.9 Å². The Morgan fingerprint density at radius 3 is 2.59 bits per heavy atom. The van der Waals surface area contributed by atoms with Crippen molar-refractivity contribution in [2.75, 3.05) is 6.61 Å². The van der Waals surface area contributed by atoms with E-state index in [1.54, 1.807) is 12.1 Å². The number of hydrogen-bond donors (Lipinski definition) is 1. The van der Waals surface area contributed by atoms with Crippen LogP contribution in [-0.2, 0) is 0 Å². The molecule has 0 aliphatic heterocycles. The Labute approximate surface area is 139 Å². The second kappa shape index (κ2) is 7.99. The smallest absolute Gasteiger partial charge is 0.251 e. The highest BCUT2D eigenvalue weighted by Gasteiger charge is 2.13. The van der Waals surface area contributed by atoms with Crippen LogP contribution in [0.5, 0.6) is 5.75 Å². The summed E-state index contributed by atoms with van der Waals surface area (Å²) in [6.07, 6.45) is 0.948. The molecule has 1 N–H and O–H groups in total. The van der Waals surface area contributed by atoms with Crippen LogP contribution in [-0.4, -0.2) is 12.5 Å². The average Bonchev–Trinajstić information content (AvgIpc) is 2.54. The molecule has 0 radical (unpaired) electrons. The Morgan fingerprint density at radius 2 is 1.95 bits per heavy atom.